The predicted octanol–water partition coefficient (Wildman–Crippen LogP) is 1.81. The number of hydrogen-bond donors (Lipinski definition) is 2. The molecule has 0 aromatic carbocycles. The summed E-state index contributed by atoms with van der Waals surface area (Å²) in [7, 11) is 0. The second-order valence-corrected chi connectivity index (χ2v) is 2.64. The van der Waals surface area contributed by atoms with E-state index in [2.05, 4.69) is 0 Å². The number of aliphatic carboxylic acids is 2. The molecule has 0 aromatic rings. The number of hydrogen-bond acceptors (Lipinski definition) is 2. The van der Waals surface area contributed by atoms with E-state index in [1.165, 1.54) is 0 Å². The van der Waals surface area contributed by atoms with Crippen molar-refractivity contribution in [3.63, 3.8) is 0 Å². The monoisotopic (exact) mass is 232 g/mol. The molecule has 0 heterocycles. The highest BCUT2D eigenvalue weighted by Gasteiger charge is 2.08. The molecule has 4 nitrogen and oxygen atoms in total. The molecule has 0 aliphatic carbocycles. The van der Waals surface area contributed by atoms with Gasteiger partial charge in [-0.3, -0.25) is 9.59 Å². The summed E-state index contributed by atoms with van der Waals surface area (Å²) < 4.78 is 0. The summed E-state index contributed by atoms with van der Waals surface area (Å²) >= 11 is 0. The second kappa shape index (κ2) is 9.61. The van der Waals surface area contributed by atoms with Gasteiger partial charge in [0.25, 0.3) is 0 Å². The molecule has 0 spiro atoms. The molecule has 0 radical (unpaired) electrons. The van der Waals surface area contributed by atoms with Gasteiger partial charge in [0.05, 0.1) is 0 Å². The second-order valence-electron chi connectivity index (χ2n) is 2.64. The Bertz CT molecular complexity index is 161. The van der Waals surface area contributed by atoms with Gasteiger partial charge in [0.1, 0.15) is 0 Å². The summed E-state index contributed by atoms with van der Waals surface area (Å²) in [5.74, 6) is -1.80. The van der Waals surface area contributed by atoms with Gasteiger partial charge in [-0.15, -0.1) is 24.8 Å². The van der Waals surface area contributed by atoms with Crippen LogP contribution >= 0.6 is 24.8 Å². The van der Waals surface area contributed by atoms with Crippen LogP contribution in [-0.4, -0.2) is 22.2 Å². The van der Waals surface area contributed by atoms with Crippen LogP contribution in [-0.2, 0) is 9.59 Å². The fraction of sp³-hybridized carbons (Fsp3) is 0.714. The quantitative estimate of drug-likeness (QED) is 0.759. The number of halogens is 2. The van der Waals surface area contributed by atoms with Crippen molar-refractivity contribution in [1.29, 1.82) is 0 Å². The van der Waals surface area contributed by atoms with Crippen LogP contribution in [0.5, 0.6) is 0 Å². The van der Waals surface area contributed by atoms with Crippen LogP contribution < -0.4 is 0 Å². The van der Waals surface area contributed by atoms with Gasteiger partial charge in [-0.05, 0) is 12.3 Å². The van der Waals surface area contributed by atoms with Crippen LogP contribution in [0.15, 0.2) is 0 Å². The number of carboxylic acids is 2. The lowest BCUT2D eigenvalue weighted by molar-refractivity contribution is -0.140. The average molecular weight is 233 g/mol. The van der Waals surface area contributed by atoms with Crippen LogP contribution in [0.25, 0.3) is 0 Å². The van der Waals surface area contributed by atoms with Crippen molar-refractivity contribution in [2.24, 2.45) is 5.92 Å². The maximum absolute atomic E-state index is 10.1. The van der Waals surface area contributed by atoms with E-state index >= 15 is 0 Å². The maximum atomic E-state index is 10.1. The van der Waals surface area contributed by atoms with Gasteiger partial charge < -0.3 is 10.2 Å². The maximum Gasteiger partial charge on any atom is 0.303 e. The minimum Gasteiger partial charge on any atom is -0.481 e. The standard InChI is InChI=1S/C7H12O4.2ClH/c1-5(4-7(10)11)2-3-6(8)9;;/h5H,2-4H2,1H3,(H,8,9)(H,10,11);2*1H. The third-order valence-corrected chi connectivity index (χ3v) is 1.37. The summed E-state index contributed by atoms with van der Waals surface area (Å²) in [6.07, 6.45) is 0.531. The average Bonchev–Trinajstić information content (AvgIpc) is 1.82. The molecule has 0 fully saturated rings. The molecule has 0 saturated carbocycles. The third-order valence-electron chi connectivity index (χ3n) is 1.37. The Morgan fingerprint density at radius 1 is 1.15 bits per heavy atom. The zero-order valence-corrected chi connectivity index (χ0v) is 8.86. The normalized spacial score (nSPS) is 10.5. The summed E-state index contributed by atoms with van der Waals surface area (Å²) in [4.78, 5) is 20.1. The summed E-state index contributed by atoms with van der Waals surface area (Å²) in [6.45, 7) is 1.73. The Kier molecular flexibility index (Phi) is 13.5. The topological polar surface area (TPSA) is 74.6 Å². The Morgan fingerprint density at radius 3 is 1.92 bits per heavy atom. The summed E-state index contributed by atoms with van der Waals surface area (Å²) in [6, 6.07) is 0. The van der Waals surface area contributed by atoms with Crippen molar-refractivity contribution in [2.75, 3.05) is 0 Å². The van der Waals surface area contributed by atoms with E-state index in [1.54, 1.807) is 6.92 Å². The lowest BCUT2D eigenvalue weighted by atomic mass is 10.0. The molecule has 0 bridgehead atoms. The minimum absolute atomic E-state index is 0. The van der Waals surface area contributed by atoms with Crippen molar-refractivity contribution in [2.45, 2.75) is 26.2 Å². The Hall–Kier alpha value is -0.480. The van der Waals surface area contributed by atoms with Gasteiger partial charge in [0.2, 0.25) is 0 Å². The van der Waals surface area contributed by atoms with Gasteiger partial charge in [-0.25, -0.2) is 0 Å². The van der Waals surface area contributed by atoms with Crippen LogP contribution in [0, 0.1) is 5.92 Å². The predicted molar refractivity (Wildman–Crippen MR) is 52.8 cm³/mol. The number of carbonyl (C=O) groups is 2. The van der Waals surface area contributed by atoms with Crippen molar-refractivity contribution in [3.05, 3.63) is 0 Å². The molecule has 0 amide bonds. The first-order chi connectivity index (χ1) is 5.02. The van der Waals surface area contributed by atoms with Gasteiger partial charge in [-0.1, -0.05) is 6.92 Å². The fourth-order valence-electron chi connectivity index (χ4n) is 0.770. The minimum atomic E-state index is -0.873. The Labute approximate surface area is 89.1 Å². The van der Waals surface area contributed by atoms with E-state index in [9.17, 15) is 9.59 Å². The molecule has 0 rings (SSSR count). The summed E-state index contributed by atoms with van der Waals surface area (Å²) in [5.41, 5.74) is 0. The van der Waals surface area contributed by atoms with E-state index in [1.807, 2.05) is 0 Å². The molecule has 13 heavy (non-hydrogen) atoms. The first-order valence-corrected chi connectivity index (χ1v) is 3.46. The SMILES string of the molecule is CC(CCC(=O)O)CC(=O)O.Cl.Cl. The molecule has 0 saturated heterocycles. The van der Waals surface area contributed by atoms with Gasteiger partial charge in [0, 0.05) is 12.8 Å². The van der Waals surface area contributed by atoms with Crippen molar-refractivity contribution >= 4 is 36.8 Å². The summed E-state index contributed by atoms with van der Waals surface area (Å²) in [5, 5.41) is 16.6. The van der Waals surface area contributed by atoms with Gasteiger partial charge in [-0.2, -0.15) is 0 Å². The zero-order chi connectivity index (χ0) is 8.85. The van der Waals surface area contributed by atoms with Crippen LogP contribution in [0.2, 0.25) is 0 Å². The number of carboxylic acid groups (broad SMARTS) is 2. The Morgan fingerprint density at radius 2 is 1.62 bits per heavy atom. The first kappa shape index (κ1) is 18.3. The van der Waals surface area contributed by atoms with Crippen LogP contribution in [0.3, 0.4) is 0 Å². The lowest BCUT2D eigenvalue weighted by Crippen LogP contribution is -2.06. The molecule has 1 atom stereocenters. The van der Waals surface area contributed by atoms with E-state index in [0.29, 0.717) is 6.42 Å². The molecule has 2 N–H and O–H groups in total. The molecular formula is C7H14Cl2O4. The largest absolute Gasteiger partial charge is 0.481 e. The third kappa shape index (κ3) is 14.4. The molecule has 0 aliphatic heterocycles. The molecule has 0 aliphatic rings. The van der Waals surface area contributed by atoms with Crippen molar-refractivity contribution in [1.82, 2.24) is 0 Å². The first-order valence-electron chi connectivity index (χ1n) is 3.46. The van der Waals surface area contributed by atoms with E-state index in [-0.39, 0.29) is 43.6 Å². The fourth-order valence-corrected chi connectivity index (χ4v) is 0.770. The lowest BCUT2D eigenvalue weighted by Gasteiger charge is -2.04. The van der Waals surface area contributed by atoms with Crippen molar-refractivity contribution in [3.8, 4) is 0 Å². The zero-order valence-electron chi connectivity index (χ0n) is 7.23. The molecule has 80 valence electrons. The van der Waals surface area contributed by atoms with Crippen LogP contribution in [0.4, 0.5) is 0 Å². The molecule has 6 heteroatoms. The molecule has 1 unspecified atom stereocenters. The van der Waals surface area contributed by atoms with E-state index < -0.39 is 11.9 Å². The van der Waals surface area contributed by atoms with Gasteiger partial charge in [0.15, 0.2) is 0 Å². The van der Waals surface area contributed by atoms with Crippen LogP contribution in [0.1, 0.15) is 26.2 Å². The highest BCUT2D eigenvalue weighted by Crippen LogP contribution is 2.09. The number of rotatable bonds is 5. The highest BCUT2D eigenvalue weighted by molar-refractivity contribution is 5.85. The molecule has 0 aromatic heterocycles. The Balaban J connectivity index is -0.000000500. The van der Waals surface area contributed by atoms with Gasteiger partial charge >= 0.3 is 11.9 Å². The molecular weight excluding hydrogens is 219 g/mol. The smallest absolute Gasteiger partial charge is 0.303 e. The highest BCUT2D eigenvalue weighted by atomic mass is 35.5. The van der Waals surface area contributed by atoms with E-state index in [4.69, 9.17) is 10.2 Å². The van der Waals surface area contributed by atoms with E-state index in [0.717, 1.165) is 0 Å². The van der Waals surface area contributed by atoms with Crippen molar-refractivity contribution < 1.29 is 19.8 Å².